The van der Waals surface area contributed by atoms with Crippen LogP contribution in [0.1, 0.15) is 19.3 Å². The largest absolute Gasteiger partial charge is 0.316 e. The molecule has 0 spiro atoms. The topological polar surface area (TPSA) is 15.3 Å². The second-order valence-corrected chi connectivity index (χ2v) is 5.28. The summed E-state index contributed by atoms with van der Waals surface area (Å²) in [6.45, 7) is 5.02. The predicted molar refractivity (Wildman–Crippen MR) is 66.1 cm³/mol. The number of rotatable bonds is 7. The Morgan fingerprint density at radius 3 is 2.93 bits per heavy atom. The highest BCUT2D eigenvalue weighted by Gasteiger charge is 2.13. The fourth-order valence-electron chi connectivity index (χ4n) is 1.97. The Hall–Kier alpha value is 0.270. The van der Waals surface area contributed by atoms with Crippen LogP contribution in [0.4, 0.5) is 0 Å². The third-order valence-electron chi connectivity index (χ3n) is 2.99. The fraction of sp³-hybridized carbons (Fsp3) is 1.00. The van der Waals surface area contributed by atoms with Gasteiger partial charge in [-0.1, -0.05) is 0 Å². The van der Waals surface area contributed by atoms with Crippen molar-refractivity contribution in [1.29, 1.82) is 0 Å². The molecule has 0 aromatic heterocycles. The van der Waals surface area contributed by atoms with E-state index >= 15 is 0 Å². The molecule has 1 unspecified atom stereocenters. The molecule has 3 heteroatoms. The second-order valence-electron chi connectivity index (χ2n) is 4.30. The molecule has 1 aliphatic rings. The maximum atomic E-state index is 3.43. The first kappa shape index (κ1) is 12.3. The lowest BCUT2D eigenvalue weighted by Gasteiger charge is -2.16. The van der Waals surface area contributed by atoms with Crippen LogP contribution in [0.2, 0.25) is 0 Å². The van der Waals surface area contributed by atoms with Gasteiger partial charge < -0.3 is 10.2 Å². The molecule has 14 heavy (non-hydrogen) atoms. The highest BCUT2D eigenvalue weighted by atomic mass is 32.2. The number of hydrogen-bond donors (Lipinski definition) is 1. The zero-order chi connectivity index (χ0) is 10.2. The van der Waals surface area contributed by atoms with Gasteiger partial charge in [0.25, 0.3) is 0 Å². The first-order valence-corrected chi connectivity index (χ1v) is 7.10. The normalized spacial score (nSPS) is 22.1. The lowest BCUT2D eigenvalue weighted by molar-refractivity contribution is 0.332. The molecule has 1 atom stereocenters. The van der Waals surface area contributed by atoms with Crippen molar-refractivity contribution in [3.8, 4) is 0 Å². The van der Waals surface area contributed by atoms with Crippen LogP contribution in [0, 0.1) is 5.92 Å². The van der Waals surface area contributed by atoms with Gasteiger partial charge in [-0.3, -0.25) is 0 Å². The molecule has 1 fully saturated rings. The lowest BCUT2D eigenvalue weighted by Crippen LogP contribution is -2.23. The fourth-order valence-corrected chi connectivity index (χ4v) is 2.46. The summed E-state index contributed by atoms with van der Waals surface area (Å²) < 4.78 is 0. The van der Waals surface area contributed by atoms with Crippen molar-refractivity contribution in [3.63, 3.8) is 0 Å². The van der Waals surface area contributed by atoms with Crippen molar-refractivity contribution in [2.45, 2.75) is 19.3 Å². The van der Waals surface area contributed by atoms with Gasteiger partial charge in [0.05, 0.1) is 0 Å². The maximum Gasteiger partial charge on any atom is 0.00692 e. The molecule has 0 amide bonds. The quantitative estimate of drug-likeness (QED) is 0.697. The van der Waals surface area contributed by atoms with Crippen molar-refractivity contribution in [3.05, 3.63) is 0 Å². The Kier molecular flexibility index (Phi) is 6.65. The molecule has 84 valence electrons. The molecule has 1 heterocycles. The first-order chi connectivity index (χ1) is 6.83. The van der Waals surface area contributed by atoms with Crippen molar-refractivity contribution in [1.82, 2.24) is 10.2 Å². The van der Waals surface area contributed by atoms with Crippen LogP contribution in [-0.2, 0) is 0 Å². The van der Waals surface area contributed by atoms with Gasteiger partial charge in [0.15, 0.2) is 0 Å². The Bertz CT molecular complexity index is 135. The van der Waals surface area contributed by atoms with Crippen LogP contribution < -0.4 is 5.32 Å². The monoisotopic (exact) mass is 216 g/mol. The van der Waals surface area contributed by atoms with Gasteiger partial charge in [-0.15, -0.1) is 0 Å². The number of thioether (sulfide) groups is 1. The third kappa shape index (κ3) is 5.23. The van der Waals surface area contributed by atoms with Crippen LogP contribution in [0.5, 0.6) is 0 Å². The van der Waals surface area contributed by atoms with Gasteiger partial charge in [-0.25, -0.2) is 0 Å². The predicted octanol–water partition coefficient (Wildman–Crippen LogP) is 1.67. The Morgan fingerprint density at radius 2 is 2.29 bits per heavy atom. The molecule has 0 aromatic rings. The molecule has 2 nitrogen and oxygen atoms in total. The highest BCUT2D eigenvalue weighted by molar-refractivity contribution is 7.98. The molecule has 1 aliphatic heterocycles. The molecular formula is C11H24N2S. The SMILES string of the molecule is CSCCN(C)CCCC1CCNC1. The molecule has 0 radical (unpaired) electrons. The number of nitrogens with zero attached hydrogens (tertiary/aromatic N) is 1. The van der Waals surface area contributed by atoms with Crippen LogP contribution in [0.25, 0.3) is 0 Å². The first-order valence-electron chi connectivity index (χ1n) is 5.71. The van der Waals surface area contributed by atoms with Crippen molar-refractivity contribution in [2.24, 2.45) is 5.92 Å². The zero-order valence-corrected chi connectivity index (χ0v) is 10.4. The standard InChI is InChI=1S/C11H24N2S/c1-13(8-9-14-2)7-3-4-11-5-6-12-10-11/h11-12H,3-10H2,1-2H3. The minimum absolute atomic E-state index is 0.962. The summed E-state index contributed by atoms with van der Waals surface area (Å²) in [4.78, 5) is 2.46. The summed E-state index contributed by atoms with van der Waals surface area (Å²) >= 11 is 1.94. The van der Waals surface area contributed by atoms with Crippen molar-refractivity contribution >= 4 is 11.8 Å². The van der Waals surface area contributed by atoms with E-state index in [-0.39, 0.29) is 0 Å². The minimum atomic E-state index is 0.962. The van der Waals surface area contributed by atoms with Gasteiger partial charge in [-0.05, 0) is 58.1 Å². The van der Waals surface area contributed by atoms with Crippen LogP contribution in [0.15, 0.2) is 0 Å². The van der Waals surface area contributed by atoms with Crippen molar-refractivity contribution in [2.75, 3.05) is 45.2 Å². The number of hydrogen-bond acceptors (Lipinski definition) is 3. The van der Waals surface area contributed by atoms with E-state index in [1.54, 1.807) is 0 Å². The Balaban J connectivity index is 1.91. The summed E-state index contributed by atoms with van der Waals surface area (Å²) in [6, 6.07) is 0. The lowest BCUT2D eigenvalue weighted by atomic mass is 10.0. The van der Waals surface area contributed by atoms with E-state index in [1.165, 1.54) is 51.2 Å². The maximum absolute atomic E-state index is 3.43. The van der Waals surface area contributed by atoms with E-state index in [0.29, 0.717) is 0 Å². The zero-order valence-electron chi connectivity index (χ0n) is 9.59. The molecule has 0 saturated carbocycles. The molecular weight excluding hydrogens is 192 g/mol. The molecule has 0 bridgehead atoms. The highest BCUT2D eigenvalue weighted by Crippen LogP contribution is 2.14. The van der Waals surface area contributed by atoms with E-state index < -0.39 is 0 Å². The summed E-state index contributed by atoms with van der Waals surface area (Å²) in [5.41, 5.74) is 0. The average Bonchev–Trinajstić information content (AvgIpc) is 2.67. The summed E-state index contributed by atoms with van der Waals surface area (Å²) in [5.74, 6) is 2.23. The van der Waals surface area contributed by atoms with E-state index in [1.807, 2.05) is 11.8 Å². The smallest absolute Gasteiger partial charge is 0.00692 e. The van der Waals surface area contributed by atoms with Gasteiger partial charge in [0, 0.05) is 12.3 Å². The van der Waals surface area contributed by atoms with Crippen LogP contribution in [-0.4, -0.2) is 50.1 Å². The minimum Gasteiger partial charge on any atom is -0.316 e. The molecule has 0 aromatic carbocycles. The van der Waals surface area contributed by atoms with E-state index in [9.17, 15) is 0 Å². The molecule has 0 aliphatic carbocycles. The average molecular weight is 216 g/mol. The Labute approximate surface area is 92.8 Å². The van der Waals surface area contributed by atoms with Gasteiger partial charge in [0.2, 0.25) is 0 Å². The molecule has 1 N–H and O–H groups in total. The van der Waals surface area contributed by atoms with E-state index in [2.05, 4.69) is 23.5 Å². The van der Waals surface area contributed by atoms with E-state index in [0.717, 1.165) is 5.92 Å². The van der Waals surface area contributed by atoms with Crippen LogP contribution >= 0.6 is 11.8 Å². The second kappa shape index (κ2) is 7.55. The van der Waals surface area contributed by atoms with E-state index in [4.69, 9.17) is 0 Å². The van der Waals surface area contributed by atoms with Gasteiger partial charge in [0.1, 0.15) is 0 Å². The van der Waals surface area contributed by atoms with Gasteiger partial charge >= 0.3 is 0 Å². The third-order valence-corrected chi connectivity index (χ3v) is 3.58. The van der Waals surface area contributed by atoms with Crippen LogP contribution in [0.3, 0.4) is 0 Å². The summed E-state index contributed by atoms with van der Waals surface area (Å²) in [6.07, 6.45) is 6.36. The number of nitrogens with one attached hydrogen (secondary N) is 1. The van der Waals surface area contributed by atoms with Gasteiger partial charge in [-0.2, -0.15) is 11.8 Å². The molecule has 1 rings (SSSR count). The van der Waals surface area contributed by atoms with Crippen molar-refractivity contribution < 1.29 is 0 Å². The Morgan fingerprint density at radius 1 is 1.43 bits per heavy atom. The summed E-state index contributed by atoms with van der Waals surface area (Å²) in [7, 11) is 2.24. The summed E-state index contributed by atoms with van der Waals surface area (Å²) in [5, 5.41) is 3.43. The molecule has 1 saturated heterocycles.